The Hall–Kier alpha value is -2.67. The van der Waals surface area contributed by atoms with Gasteiger partial charge in [0.15, 0.2) is 17.3 Å². The third-order valence-corrected chi connectivity index (χ3v) is 4.37. The zero-order valence-corrected chi connectivity index (χ0v) is 15.0. The van der Waals surface area contributed by atoms with Gasteiger partial charge in [-0.3, -0.25) is 10.1 Å². The van der Waals surface area contributed by atoms with Crippen LogP contribution in [0, 0.1) is 0 Å². The highest BCUT2D eigenvalue weighted by Crippen LogP contribution is 2.29. The highest BCUT2D eigenvalue weighted by Gasteiger charge is 2.11. The fourth-order valence-corrected chi connectivity index (χ4v) is 2.84. The molecule has 0 aliphatic heterocycles. The molecule has 0 aliphatic carbocycles. The van der Waals surface area contributed by atoms with E-state index in [0.717, 1.165) is 4.90 Å². The van der Waals surface area contributed by atoms with Crippen LogP contribution in [0.4, 0.5) is 10.5 Å². The monoisotopic (exact) mass is 361 g/mol. The van der Waals surface area contributed by atoms with Gasteiger partial charge in [0.1, 0.15) is 0 Å². The van der Waals surface area contributed by atoms with Gasteiger partial charge >= 0.3 is 6.09 Å². The highest BCUT2D eigenvalue weighted by molar-refractivity contribution is 8.00. The van der Waals surface area contributed by atoms with Crippen LogP contribution in [0.1, 0.15) is 10.4 Å². The lowest BCUT2D eigenvalue weighted by atomic mass is 10.1. The molecule has 0 saturated heterocycles. The van der Waals surface area contributed by atoms with Crippen LogP contribution in [0.15, 0.2) is 47.4 Å². The summed E-state index contributed by atoms with van der Waals surface area (Å²) in [7, 11) is 4.39. The first-order valence-electron chi connectivity index (χ1n) is 7.40. The maximum absolute atomic E-state index is 12.3. The van der Waals surface area contributed by atoms with E-state index < -0.39 is 6.09 Å². The number of amides is 1. The summed E-state index contributed by atoms with van der Waals surface area (Å²) in [6, 6.07) is 12.3. The number of nitrogens with one attached hydrogen (secondary N) is 1. The third-order valence-electron chi connectivity index (χ3n) is 3.36. The van der Waals surface area contributed by atoms with E-state index >= 15 is 0 Å². The van der Waals surface area contributed by atoms with Gasteiger partial charge in [0.2, 0.25) is 0 Å². The lowest BCUT2D eigenvalue weighted by molar-refractivity contribution is 0.102. The van der Waals surface area contributed by atoms with Crippen LogP contribution in [0.3, 0.4) is 0 Å². The predicted octanol–water partition coefficient (Wildman–Crippen LogP) is 3.86. The molecule has 0 aliphatic rings. The first kappa shape index (κ1) is 18.7. The summed E-state index contributed by atoms with van der Waals surface area (Å²) in [5.41, 5.74) is 1.19. The number of carbonyl (C=O) groups excluding carboxylic acids is 2. The molecule has 2 aromatic carbocycles. The average Bonchev–Trinajstić information content (AvgIpc) is 2.66. The number of rotatable bonds is 7. The Labute approximate surface area is 150 Å². The fraction of sp³-hybridized carbons (Fsp3) is 0.222. The van der Waals surface area contributed by atoms with E-state index in [0.29, 0.717) is 28.5 Å². The molecule has 132 valence electrons. The van der Waals surface area contributed by atoms with Crippen molar-refractivity contribution in [2.75, 3.05) is 32.4 Å². The highest BCUT2D eigenvalue weighted by atomic mass is 32.2. The van der Waals surface area contributed by atoms with Crippen molar-refractivity contribution in [1.29, 1.82) is 0 Å². The second-order valence-electron chi connectivity index (χ2n) is 4.92. The van der Waals surface area contributed by atoms with Crippen LogP contribution in [0.2, 0.25) is 0 Å². The minimum absolute atomic E-state index is 0.0114. The van der Waals surface area contributed by atoms with Crippen molar-refractivity contribution in [2.45, 2.75) is 4.90 Å². The number of ketones is 1. The summed E-state index contributed by atoms with van der Waals surface area (Å²) in [6.45, 7) is 0. The number of carbonyl (C=O) groups is 2. The van der Waals surface area contributed by atoms with E-state index in [1.54, 1.807) is 37.4 Å². The number of hydrogen-bond donors (Lipinski definition) is 1. The predicted molar refractivity (Wildman–Crippen MR) is 97.1 cm³/mol. The lowest BCUT2D eigenvalue weighted by Crippen LogP contribution is -2.10. The first-order chi connectivity index (χ1) is 12.1. The Bertz CT molecular complexity index is 746. The standard InChI is InChI=1S/C18H19NO5S/c1-22-16-9-4-12(10-17(16)23-2)15(20)11-25-14-7-5-13(6-8-14)19-18(21)24-3/h4-10H,11H2,1-3H3,(H,19,21). The molecule has 2 rings (SSSR count). The van der Waals surface area contributed by atoms with Gasteiger partial charge in [-0.1, -0.05) is 0 Å². The van der Waals surface area contributed by atoms with E-state index in [1.165, 1.54) is 26.0 Å². The molecular formula is C18H19NO5S. The van der Waals surface area contributed by atoms with Crippen molar-refractivity contribution in [3.8, 4) is 11.5 Å². The summed E-state index contributed by atoms with van der Waals surface area (Å²) in [5, 5.41) is 2.57. The molecule has 0 aromatic heterocycles. The molecular weight excluding hydrogens is 342 g/mol. The van der Waals surface area contributed by atoms with Gasteiger partial charge in [-0.15, -0.1) is 11.8 Å². The number of methoxy groups -OCH3 is 3. The summed E-state index contributed by atoms with van der Waals surface area (Å²) in [5.74, 6) is 1.39. The molecule has 7 heteroatoms. The molecule has 6 nitrogen and oxygen atoms in total. The minimum atomic E-state index is -0.524. The van der Waals surface area contributed by atoms with E-state index in [1.807, 2.05) is 12.1 Å². The molecule has 0 unspecified atom stereocenters. The van der Waals surface area contributed by atoms with Crippen LogP contribution in [-0.2, 0) is 4.74 Å². The smallest absolute Gasteiger partial charge is 0.411 e. The number of hydrogen-bond acceptors (Lipinski definition) is 6. The minimum Gasteiger partial charge on any atom is -0.493 e. The molecule has 1 N–H and O–H groups in total. The van der Waals surface area contributed by atoms with E-state index in [-0.39, 0.29) is 5.78 Å². The van der Waals surface area contributed by atoms with Gasteiger partial charge in [-0.2, -0.15) is 0 Å². The van der Waals surface area contributed by atoms with Crippen LogP contribution < -0.4 is 14.8 Å². The maximum Gasteiger partial charge on any atom is 0.411 e. The van der Waals surface area contributed by atoms with Crippen LogP contribution in [0.25, 0.3) is 0 Å². The number of anilines is 1. The van der Waals surface area contributed by atoms with E-state index in [4.69, 9.17) is 9.47 Å². The molecule has 0 radical (unpaired) electrons. The Kier molecular flexibility index (Phi) is 6.71. The zero-order chi connectivity index (χ0) is 18.2. The number of ether oxygens (including phenoxy) is 3. The average molecular weight is 361 g/mol. The summed E-state index contributed by atoms with van der Waals surface area (Å²) < 4.78 is 14.9. The molecule has 2 aromatic rings. The maximum atomic E-state index is 12.3. The quantitative estimate of drug-likeness (QED) is 0.596. The SMILES string of the molecule is COC(=O)Nc1ccc(SCC(=O)c2ccc(OC)c(OC)c2)cc1. The van der Waals surface area contributed by atoms with Gasteiger partial charge in [0.05, 0.1) is 27.1 Å². The topological polar surface area (TPSA) is 73.9 Å². The van der Waals surface area contributed by atoms with Crippen LogP contribution >= 0.6 is 11.8 Å². The summed E-state index contributed by atoms with van der Waals surface area (Å²) in [6.07, 6.45) is -0.524. The van der Waals surface area contributed by atoms with Gasteiger partial charge in [-0.05, 0) is 42.5 Å². The van der Waals surface area contributed by atoms with Crippen molar-refractivity contribution < 1.29 is 23.8 Å². The zero-order valence-electron chi connectivity index (χ0n) is 14.2. The van der Waals surface area contributed by atoms with Crippen molar-refractivity contribution >= 4 is 29.3 Å². The molecule has 1 amide bonds. The van der Waals surface area contributed by atoms with Gasteiger partial charge in [0, 0.05) is 16.1 Å². The van der Waals surface area contributed by atoms with Gasteiger partial charge < -0.3 is 14.2 Å². The van der Waals surface area contributed by atoms with Crippen LogP contribution in [0.5, 0.6) is 11.5 Å². The summed E-state index contributed by atoms with van der Waals surface area (Å²) >= 11 is 1.41. The molecule has 0 bridgehead atoms. The second kappa shape index (κ2) is 8.98. The molecule has 0 spiro atoms. The Morgan fingerprint density at radius 2 is 1.64 bits per heavy atom. The molecule has 0 fully saturated rings. The van der Waals surface area contributed by atoms with E-state index in [9.17, 15) is 9.59 Å². The fourth-order valence-electron chi connectivity index (χ4n) is 2.05. The Morgan fingerprint density at radius 1 is 0.960 bits per heavy atom. The Morgan fingerprint density at radius 3 is 2.24 bits per heavy atom. The largest absolute Gasteiger partial charge is 0.493 e. The van der Waals surface area contributed by atoms with Gasteiger partial charge in [-0.25, -0.2) is 4.79 Å². The molecule has 0 atom stereocenters. The summed E-state index contributed by atoms with van der Waals surface area (Å²) in [4.78, 5) is 24.4. The first-order valence-corrected chi connectivity index (χ1v) is 8.39. The normalized spacial score (nSPS) is 10.0. The lowest BCUT2D eigenvalue weighted by Gasteiger charge is -2.09. The number of Topliss-reactive ketones (excluding diaryl/α,β-unsaturated/α-hetero) is 1. The second-order valence-corrected chi connectivity index (χ2v) is 5.97. The Balaban J connectivity index is 1.96. The molecule has 25 heavy (non-hydrogen) atoms. The van der Waals surface area contributed by atoms with Crippen molar-refractivity contribution in [2.24, 2.45) is 0 Å². The van der Waals surface area contributed by atoms with Crippen LogP contribution in [-0.4, -0.2) is 39.0 Å². The van der Waals surface area contributed by atoms with Gasteiger partial charge in [0.25, 0.3) is 0 Å². The number of benzene rings is 2. The number of thioether (sulfide) groups is 1. The van der Waals surface area contributed by atoms with Crippen molar-refractivity contribution in [3.05, 3.63) is 48.0 Å². The molecule has 0 saturated carbocycles. The van der Waals surface area contributed by atoms with Crippen molar-refractivity contribution in [1.82, 2.24) is 0 Å². The van der Waals surface area contributed by atoms with E-state index in [2.05, 4.69) is 10.1 Å². The van der Waals surface area contributed by atoms with Crippen molar-refractivity contribution in [3.63, 3.8) is 0 Å². The molecule has 0 heterocycles. The third kappa shape index (κ3) is 5.15.